The lowest BCUT2D eigenvalue weighted by atomic mass is 9.98. The van der Waals surface area contributed by atoms with E-state index in [2.05, 4.69) is 9.97 Å². The lowest BCUT2D eigenvalue weighted by Crippen LogP contribution is -2.45. The lowest BCUT2D eigenvalue weighted by molar-refractivity contribution is -0.118. The first-order valence-electron chi connectivity index (χ1n) is 13.9. The molecule has 42 heavy (non-hydrogen) atoms. The summed E-state index contributed by atoms with van der Waals surface area (Å²) in [5, 5.41) is 0.679. The molecule has 4 aromatic rings. The number of halogens is 2. The molecule has 0 bridgehead atoms. The average Bonchev–Trinajstić information content (AvgIpc) is 3.35. The molecule has 13 heteroatoms. The zero-order valence-electron chi connectivity index (χ0n) is 23.3. The number of nitrogens with two attached hydrogens (primary N) is 1. The molecule has 2 aliphatic heterocycles. The number of aromatic amines is 1. The molecule has 0 saturated heterocycles. The number of rotatable bonds is 7. The number of benzene rings is 1. The van der Waals surface area contributed by atoms with Crippen LogP contribution in [0.2, 0.25) is 0 Å². The zero-order valence-corrected chi connectivity index (χ0v) is 24.1. The maximum Gasteiger partial charge on any atom is 0.274 e. The van der Waals surface area contributed by atoms with Crippen molar-refractivity contribution in [3.8, 4) is 11.1 Å². The summed E-state index contributed by atoms with van der Waals surface area (Å²) in [6.45, 7) is 3.13. The Kier molecular flexibility index (Phi) is 7.31. The van der Waals surface area contributed by atoms with Gasteiger partial charge in [-0.05, 0) is 37.1 Å². The second kappa shape index (κ2) is 11.0. The minimum Gasteiger partial charge on any atom is -0.356 e. The number of anilines is 4. The van der Waals surface area contributed by atoms with Crippen molar-refractivity contribution in [1.29, 1.82) is 0 Å². The highest BCUT2D eigenvalue weighted by Gasteiger charge is 2.34. The maximum atomic E-state index is 15.3. The van der Waals surface area contributed by atoms with E-state index in [0.29, 0.717) is 83.7 Å². The third-order valence-electron chi connectivity index (χ3n) is 7.86. The number of fused-ring (bicyclic) bond motifs is 3. The van der Waals surface area contributed by atoms with Crippen molar-refractivity contribution in [2.75, 3.05) is 39.5 Å². The van der Waals surface area contributed by atoms with E-state index in [0.717, 1.165) is 17.8 Å². The summed E-state index contributed by atoms with van der Waals surface area (Å²) in [6, 6.07) is 4.43. The molecule has 1 atom stereocenters. The van der Waals surface area contributed by atoms with Crippen LogP contribution in [0.5, 0.6) is 0 Å². The van der Waals surface area contributed by atoms with Gasteiger partial charge in [0.05, 0.1) is 36.3 Å². The fourth-order valence-electron chi connectivity index (χ4n) is 5.85. The molecule has 3 N–H and O–H groups in total. The van der Waals surface area contributed by atoms with E-state index in [9.17, 15) is 18.2 Å². The third-order valence-corrected chi connectivity index (χ3v) is 9.22. The number of hydrogen-bond donors (Lipinski definition) is 2. The van der Waals surface area contributed by atoms with E-state index in [1.807, 2.05) is 13.0 Å². The van der Waals surface area contributed by atoms with Crippen molar-refractivity contribution in [1.82, 2.24) is 14.5 Å². The van der Waals surface area contributed by atoms with Gasteiger partial charge in [0.25, 0.3) is 5.56 Å². The summed E-state index contributed by atoms with van der Waals surface area (Å²) in [7, 11) is 0.295. The van der Waals surface area contributed by atoms with E-state index < -0.39 is 22.6 Å². The summed E-state index contributed by atoms with van der Waals surface area (Å²) in [4.78, 5) is 37.0. The highest BCUT2D eigenvalue weighted by Crippen LogP contribution is 2.49. The number of H-pyrrole nitrogens is 1. The first-order valence-corrected chi connectivity index (χ1v) is 15.1. The summed E-state index contributed by atoms with van der Waals surface area (Å²) < 4.78 is 45.7. The van der Waals surface area contributed by atoms with Crippen molar-refractivity contribution in [3.05, 3.63) is 64.3 Å². The molecule has 6 rings (SSSR count). The number of carbonyl (C=O) groups excluding carboxylic acids is 1. The smallest absolute Gasteiger partial charge is 0.274 e. The molecule has 10 nitrogen and oxygen atoms in total. The number of hydrogen-bond acceptors (Lipinski definition) is 6. The van der Waals surface area contributed by atoms with Gasteiger partial charge in [0, 0.05) is 60.7 Å². The Morgan fingerprint density at radius 2 is 1.93 bits per heavy atom. The standard InChI is InChI=1S/C29H31F2N7O3S/c1-3-42(41)38-9-8-36(25(39)6-4-5-7-32)23-12-22-19(11-24(23)38)20-16-35(2)29(40)27-26(20)17(13-33-27)15-37(22)28-21(31)10-18(30)14-34-28/h10-14,16,33H,3-9,15,32H2,1-2H3. The topological polar surface area (TPSA) is 121 Å². The van der Waals surface area contributed by atoms with Crippen LogP contribution in [0.1, 0.15) is 31.7 Å². The fourth-order valence-corrected chi connectivity index (χ4v) is 6.81. The first kappa shape index (κ1) is 28.0. The molecule has 1 amide bonds. The second-order valence-corrected chi connectivity index (χ2v) is 12.1. The number of aryl methyl sites for hydroxylation is 1. The van der Waals surface area contributed by atoms with Gasteiger partial charge in [-0.3, -0.25) is 13.9 Å². The van der Waals surface area contributed by atoms with Crippen molar-refractivity contribution in [3.63, 3.8) is 0 Å². The Balaban J connectivity index is 1.64. The SMILES string of the molecule is CCS(=O)N1CCN(C(=O)CCCCN)c2cc3c(cc21)-c1cn(C)c(=O)c2[nH]cc(c12)CN3c1ncc(F)cc1F. The Labute approximate surface area is 243 Å². The molecule has 0 aliphatic carbocycles. The minimum atomic E-state index is -1.36. The number of amides is 1. The van der Waals surface area contributed by atoms with E-state index in [1.54, 1.807) is 39.6 Å². The Hall–Kier alpha value is -4.10. The van der Waals surface area contributed by atoms with Gasteiger partial charge in [-0.25, -0.2) is 18.0 Å². The number of aromatic nitrogens is 3. The van der Waals surface area contributed by atoms with Gasteiger partial charge < -0.3 is 25.1 Å². The monoisotopic (exact) mass is 595 g/mol. The molecule has 0 radical (unpaired) electrons. The van der Waals surface area contributed by atoms with E-state index in [-0.39, 0.29) is 23.8 Å². The summed E-state index contributed by atoms with van der Waals surface area (Å²) in [6.07, 6.45) is 6.05. The summed E-state index contributed by atoms with van der Waals surface area (Å²) >= 11 is 0. The highest BCUT2D eigenvalue weighted by atomic mass is 32.2. The van der Waals surface area contributed by atoms with Gasteiger partial charge in [0.1, 0.15) is 22.3 Å². The van der Waals surface area contributed by atoms with Crippen molar-refractivity contribution in [2.45, 2.75) is 32.7 Å². The van der Waals surface area contributed by atoms with Crippen LogP contribution in [0.25, 0.3) is 22.0 Å². The molecular formula is C29H31F2N7O3S. The number of nitrogens with one attached hydrogen (secondary N) is 1. The van der Waals surface area contributed by atoms with Crippen LogP contribution in [0.15, 0.2) is 41.6 Å². The van der Waals surface area contributed by atoms with Gasteiger partial charge in [0.15, 0.2) is 11.6 Å². The number of nitrogens with zero attached hydrogens (tertiary/aromatic N) is 5. The van der Waals surface area contributed by atoms with Crippen LogP contribution in [0.4, 0.5) is 31.7 Å². The molecule has 220 valence electrons. The van der Waals surface area contributed by atoms with Gasteiger partial charge in [0.2, 0.25) is 5.91 Å². The molecule has 5 heterocycles. The van der Waals surface area contributed by atoms with Crippen LogP contribution in [0.3, 0.4) is 0 Å². The Morgan fingerprint density at radius 1 is 1.12 bits per heavy atom. The second-order valence-electron chi connectivity index (χ2n) is 10.4. The van der Waals surface area contributed by atoms with Crippen LogP contribution in [-0.2, 0) is 29.4 Å². The van der Waals surface area contributed by atoms with Crippen molar-refractivity contribution >= 4 is 50.7 Å². The number of pyridine rings is 2. The first-order chi connectivity index (χ1) is 20.2. The van der Waals surface area contributed by atoms with Crippen molar-refractivity contribution in [2.24, 2.45) is 12.8 Å². The van der Waals surface area contributed by atoms with Gasteiger partial charge >= 0.3 is 0 Å². The predicted molar refractivity (Wildman–Crippen MR) is 160 cm³/mol. The largest absolute Gasteiger partial charge is 0.356 e. The summed E-state index contributed by atoms with van der Waals surface area (Å²) in [5.74, 6) is -1.47. The minimum absolute atomic E-state index is 0.0891. The molecule has 0 spiro atoms. The normalized spacial score (nSPS) is 15.0. The van der Waals surface area contributed by atoms with Gasteiger partial charge in [-0.15, -0.1) is 0 Å². The Morgan fingerprint density at radius 3 is 2.67 bits per heavy atom. The van der Waals surface area contributed by atoms with Gasteiger partial charge in [-0.1, -0.05) is 6.92 Å². The molecule has 0 fully saturated rings. The molecule has 0 saturated carbocycles. The van der Waals surface area contributed by atoms with Crippen molar-refractivity contribution < 1.29 is 17.8 Å². The van der Waals surface area contributed by atoms with E-state index in [4.69, 9.17) is 5.73 Å². The zero-order chi connectivity index (χ0) is 29.7. The van der Waals surface area contributed by atoms with Crippen LogP contribution in [0, 0.1) is 11.6 Å². The fraction of sp³-hybridized carbons (Fsp3) is 0.345. The van der Waals surface area contributed by atoms with Crippen LogP contribution < -0.4 is 25.4 Å². The molecule has 1 aromatic carbocycles. The number of unbranched alkanes of at least 4 members (excludes halogenated alkanes) is 1. The average molecular weight is 596 g/mol. The maximum absolute atomic E-state index is 15.3. The predicted octanol–water partition coefficient (Wildman–Crippen LogP) is 3.82. The molecular weight excluding hydrogens is 564 g/mol. The summed E-state index contributed by atoms with van der Waals surface area (Å²) in [5.41, 5.74) is 9.55. The molecule has 3 aromatic heterocycles. The highest BCUT2D eigenvalue weighted by molar-refractivity contribution is 7.86. The van der Waals surface area contributed by atoms with Gasteiger partial charge in [-0.2, -0.15) is 0 Å². The lowest BCUT2D eigenvalue weighted by Gasteiger charge is -2.38. The third kappa shape index (κ3) is 4.56. The Bertz CT molecular complexity index is 1800. The quantitative estimate of drug-likeness (QED) is 0.314. The van der Waals surface area contributed by atoms with Crippen LogP contribution >= 0.6 is 0 Å². The van der Waals surface area contributed by atoms with E-state index in [1.165, 1.54) is 4.57 Å². The van der Waals surface area contributed by atoms with Crippen LogP contribution in [-0.4, -0.2) is 50.0 Å². The number of carbonyl (C=O) groups is 1. The molecule has 2 aliphatic rings. The van der Waals surface area contributed by atoms with E-state index >= 15 is 4.39 Å². The molecule has 1 unspecified atom stereocenters.